The molecule has 0 bridgehead atoms. The molecule has 0 aliphatic heterocycles. The lowest BCUT2D eigenvalue weighted by Gasteiger charge is -2.36. The van der Waals surface area contributed by atoms with E-state index in [0.29, 0.717) is 5.41 Å². The van der Waals surface area contributed by atoms with Crippen molar-refractivity contribution in [2.45, 2.75) is 60.3 Å². The maximum Gasteiger partial charge on any atom is 0.0130 e. The van der Waals surface area contributed by atoms with Crippen molar-refractivity contribution in [1.82, 2.24) is 0 Å². The van der Waals surface area contributed by atoms with Gasteiger partial charge in [0.1, 0.15) is 0 Å². The van der Waals surface area contributed by atoms with E-state index in [1.165, 1.54) is 30.5 Å². The van der Waals surface area contributed by atoms with Crippen molar-refractivity contribution >= 4 is 0 Å². The maximum atomic E-state index is 6.24. The molecule has 0 aromatic carbocycles. The average molecular weight is 195 g/mol. The Hall–Kier alpha value is -0.460. The highest BCUT2D eigenvalue weighted by molar-refractivity contribution is 5.22. The van der Waals surface area contributed by atoms with Gasteiger partial charge in [-0.25, -0.2) is 0 Å². The van der Waals surface area contributed by atoms with Crippen LogP contribution in [0.15, 0.2) is 11.3 Å². The molecule has 1 aliphatic carbocycles. The van der Waals surface area contributed by atoms with E-state index in [1.54, 1.807) is 0 Å². The van der Waals surface area contributed by atoms with Gasteiger partial charge in [-0.2, -0.15) is 0 Å². The van der Waals surface area contributed by atoms with Crippen molar-refractivity contribution in [3.05, 3.63) is 11.3 Å². The molecule has 0 atom stereocenters. The van der Waals surface area contributed by atoms with Crippen LogP contribution in [0.5, 0.6) is 0 Å². The molecule has 14 heavy (non-hydrogen) atoms. The molecule has 0 amide bonds. The first-order chi connectivity index (χ1) is 6.22. The minimum absolute atomic E-state index is 0.175. The molecule has 82 valence electrons. The molecule has 1 saturated carbocycles. The van der Waals surface area contributed by atoms with Gasteiger partial charge in [-0.3, -0.25) is 0 Å². The Balaban J connectivity index is 2.74. The summed E-state index contributed by atoms with van der Waals surface area (Å²) >= 11 is 0. The van der Waals surface area contributed by atoms with Crippen LogP contribution in [-0.2, 0) is 0 Å². The zero-order valence-electron chi connectivity index (χ0n) is 10.4. The van der Waals surface area contributed by atoms with E-state index >= 15 is 0 Å². The fraction of sp³-hybridized carbons (Fsp3) is 0.846. The Morgan fingerprint density at radius 1 is 1.14 bits per heavy atom. The summed E-state index contributed by atoms with van der Waals surface area (Å²) in [4.78, 5) is 0. The third-order valence-corrected chi connectivity index (χ3v) is 3.04. The summed E-state index contributed by atoms with van der Waals surface area (Å²) < 4.78 is 0. The van der Waals surface area contributed by atoms with Gasteiger partial charge in [-0.15, -0.1) is 0 Å². The van der Waals surface area contributed by atoms with Crippen LogP contribution < -0.4 is 5.73 Å². The molecular formula is C13H25N. The van der Waals surface area contributed by atoms with Gasteiger partial charge in [0.25, 0.3) is 0 Å². The minimum atomic E-state index is 0.175. The highest BCUT2D eigenvalue weighted by Crippen LogP contribution is 2.41. The molecule has 1 aliphatic rings. The normalized spacial score (nSPS) is 17.9. The van der Waals surface area contributed by atoms with Crippen LogP contribution >= 0.6 is 0 Å². The second-order valence-corrected chi connectivity index (χ2v) is 6.49. The summed E-state index contributed by atoms with van der Waals surface area (Å²) in [6.07, 6.45) is 4.97. The molecule has 0 aromatic heterocycles. The lowest BCUT2D eigenvalue weighted by molar-refractivity contribution is 0.244. The Bertz CT molecular complexity index is 234. The van der Waals surface area contributed by atoms with Gasteiger partial charge in [-0.1, -0.05) is 40.2 Å². The van der Waals surface area contributed by atoms with Gasteiger partial charge in [0.15, 0.2) is 0 Å². The highest BCUT2D eigenvalue weighted by Gasteiger charge is 2.30. The van der Waals surface area contributed by atoms with E-state index < -0.39 is 0 Å². The Morgan fingerprint density at radius 2 is 1.64 bits per heavy atom. The van der Waals surface area contributed by atoms with E-state index in [2.05, 4.69) is 34.6 Å². The zero-order chi connectivity index (χ0) is 11.0. The van der Waals surface area contributed by atoms with Gasteiger partial charge in [0.2, 0.25) is 0 Å². The van der Waals surface area contributed by atoms with E-state index in [4.69, 9.17) is 5.73 Å². The molecular weight excluding hydrogens is 170 g/mol. The van der Waals surface area contributed by atoms with Crippen LogP contribution in [0.4, 0.5) is 0 Å². The molecule has 0 unspecified atom stereocenters. The van der Waals surface area contributed by atoms with Crippen molar-refractivity contribution in [1.29, 1.82) is 0 Å². The smallest absolute Gasteiger partial charge is 0.0130 e. The van der Waals surface area contributed by atoms with E-state index in [-0.39, 0.29) is 5.41 Å². The largest absolute Gasteiger partial charge is 0.402 e. The summed E-state index contributed by atoms with van der Waals surface area (Å²) in [7, 11) is 0. The standard InChI is InChI=1S/C13H25N/c1-12(2,3)9-13(4,5)11(14)10-7-6-8-10/h6-9,14H2,1-5H3. The average Bonchev–Trinajstić information content (AvgIpc) is 1.76. The predicted octanol–water partition coefficient (Wildman–Crippen LogP) is 3.85. The number of rotatable bonds is 2. The predicted molar refractivity (Wildman–Crippen MR) is 62.9 cm³/mol. The zero-order valence-corrected chi connectivity index (χ0v) is 10.4. The Kier molecular flexibility index (Phi) is 2.99. The van der Waals surface area contributed by atoms with E-state index in [0.717, 1.165) is 6.42 Å². The number of nitrogens with two attached hydrogens (primary N) is 1. The second-order valence-electron chi connectivity index (χ2n) is 6.49. The number of hydrogen-bond acceptors (Lipinski definition) is 1. The van der Waals surface area contributed by atoms with Gasteiger partial charge in [0, 0.05) is 11.1 Å². The van der Waals surface area contributed by atoms with Crippen molar-refractivity contribution in [3.8, 4) is 0 Å². The van der Waals surface area contributed by atoms with E-state index in [1.807, 2.05) is 0 Å². The highest BCUT2D eigenvalue weighted by atomic mass is 14.6. The SMILES string of the molecule is CC(C)(C)CC(C)(C)C(N)=C1CCC1. The van der Waals surface area contributed by atoms with Crippen molar-refractivity contribution in [2.75, 3.05) is 0 Å². The Labute approximate surface area is 88.8 Å². The molecule has 0 radical (unpaired) electrons. The molecule has 1 rings (SSSR count). The molecule has 1 nitrogen and oxygen atoms in total. The van der Waals surface area contributed by atoms with Crippen LogP contribution in [0.3, 0.4) is 0 Å². The molecule has 1 fully saturated rings. The molecule has 0 spiro atoms. The fourth-order valence-electron chi connectivity index (χ4n) is 2.52. The van der Waals surface area contributed by atoms with Gasteiger partial charge in [0.05, 0.1) is 0 Å². The van der Waals surface area contributed by atoms with Crippen molar-refractivity contribution < 1.29 is 0 Å². The fourth-order valence-corrected chi connectivity index (χ4v) is 2.52. The molecule has 2 N–H and O–H groups in total. The number of hydrogen-bond donors (Lipinski definition) is 1. The molecule has 0 aromatic rings. The first-order valence-corrected chi connectivity index (χ1v) is 5.70. The summed E-state index contributed by atoms with van der Waals surface area (Å²) in [5.74, 6) is 0. The van der Waals surface area contributed by atoms with E-state index in [9.17, 15) is 0 Å². The third kappa shape index (κ3) is 2.76. The first kappa shape index (κ1) is 11.6. The molecule has 0 saturated heterocycles. The van der Waals surface area contributed by atoms with Crippen molar-refractivity contribution in [3.63, 3.8) is 0 Å². The summed E-state index contributed by atoms with van der Waals surface area (Å²) in [6, 6.07) is 0. The van der Waals surface area contributed by atoms with Gasteiger partial charge < -0.3 is 5.73 Å². The summed E-state index contributed by atoms with van der Waals surface area (Å²) in [6.45, 7) is 11.4. The third-order valence-electron chi connectivity index (χ3n) is 3.04. The molecule has 1 heteroatoms. The van der Waals surface area contributed by atoms with Crippen LogP contribution in [0.2, 0.25) is 0 Å². The van der Waals surface area contributed by atoms with Crippen LogP contribution in [0.25, 0.3) is 0 Å². The van der Waals surface area contributed by atoms with Crippen molar-refractivity contribution in [2.24, 2.45) is 16.6 Å². The van der Waals surface area contributed by atoms with Crippen LogP contribution in [-0.4, -0.2) is 0 Å². The molecule has 0 heterocycles. The minimum Gasteiger partial charge on any atom is -0.402 e. The maximum absolute atomic E-state index is 6.24. The van der Waals surface area contributed by atoms with Gasteiger partial charge in [-0.05, 0) is 31.1 Å². The van der Waals surface area contributed by atoms with Crippen LogP contribution in [0.1, 0.15) is 60.3 Å². The van der Waals surface area contributed by atoms with Gasteiger partial charge >= 0.3 is 0 Å². The quantitative estimate of drug-likeness (QED) is 0.711. The lowest BCUT2D eigenvalue weighted by Crippen LogP contribution is -2.29. The summed E-state index contributed by atoms with van der Waals surface area (Å²) in [5, 5.41) is 0. The monoisotopic (exact) mass is 195 g/mol. The second kappa shape index (κ2) is 3.60. The topological polar surface area (TPSA) is 26.0 Å². The number of allylic oxidation sites excluding steroid dienone is 2. The first-order valence-electron chi connectivity index (χ1n) is 5.70. The lowest BCUT2D eigenvalue weighted by atomic mass is 9.71. The Morgan fingerprint density at radius 3 is 1.93 bits per heavy atom. The summed E-state index contributed by atoms with van der Waals surface area (Å²) in [5.41, 5.74) is 9.46. The van der Waals surface area contributed by atoms with Crippen LogP contribution in [0, 0.1) is 10.8 Å².